The highest BCUT2D eigenvalue weighted by Crippen LogP contribution is 2.13. The molecule has 0 radical (unpaired) electrons. The molecule has 0 aromatic heterocycles. The van der Waals surface area contributed by atoms with E-state index in [1.165, 1.54) is 0 Å². The molecule has 1 aliphatic heterocycles. The molecule has 3 nitrogen and oxygen atoms in total. The lowest BCUT2D eigenvalue weighted by Gasteiger charge is -2.21. The van der Waals surface area contributed by atoms with Crippen molar-refractivity contribution in [3.8, 4) is 0 Å². The van der Waals surface area contributed by atoms with Gasteiger partial charge in [0.15, 0.2) is 0 Å². The highest BCUT2D eigenvalue weighted by Gasteiger charge is 2.26. The molecule has 1 aromatic carbocycles. The smallest absolute Gasteiger partial charge is 0.227 e. The molecule has 1 heterocycles. The van der Waals surface area contributed by atoms with Crippen LogP contribution < -0.4 is 5.32 Å². The van der Waals surface area contributed by atoms with Crippen LogP contribution in [0.2, 0.25) is 0 Å². The number of Topliss-reactive ketones (excluding diaryl/α,β-unsaturated/α-hetero) is 1. The van der Waals surface area contributed by atoms with Crippen molar-refractivity contribution in [2.75, 3.05) is 6.54 Å². The first-order valence-electron chi connectivity index (χ1n) is 5.09. The van der Waals surface area contributed by atoms with E-state index in [0.29, 0.717) is 6.54 Å². The van der Waals surface area contributed by atoms with E-state index in [1.54, 1.807) is 0 Å². The van der Waals surface area contributed by atoms with Crippen molar-refractivity contribution in [3.05, 3.63) is 35.9 Å². The standard InChI is InChI=1S/C12H13NO2/c14-11-7-12(15)13-8-10(11)6-9-4-2-1-3-5-9/h1-5,10H,6-8H2,(H,13,15). The monoisotopic (exact) mass is 203 g/mol. The second-order valence-corrected chi connectivity index (χ2v) is 3.83. The molecule has 3 heteroatoms. The van der Waals surface area contributed by atoms with Crippen LogP contribution in [0.25, 0.3) is 0 Å². The Bertz CT molecular complexity index is 372. The zero-order valence-electron chi connectivity index (χ0n) is 8.40. The minimum atomic E-state index is -0.149. The molecular weight excluding hydrogens is 190 g/mol. The molecule has 78 valence electrons. The van der Waals surface area contributed by atoms with Gasteiger partial charge in [-0.3, -0.25) is 9.59 Å². The van der Waals surface area contributed by atoms with Crippen molar-refractivity contribution in [3.63, 3.8) is 0 Å². The number of carbonyl (C=O) groups excluding carboxylic acids is 2. The molecule has 15 heavy (non-hydrogen) atoms. The number of ketones is 1. The van der Waals surface area contributed by atoms with E-state index in [1.807, 2.05) is 30.3 Å². The Labute approximate surface area is 88.5 Å². The number of piperidine rings is 1. The van der Waals surface area contributed by atoms with E-state index in [4.69, 9.17) is 0 Å². The van der Waals surface area contributed by atoms with E-state index < -0.39 is 0 Å². The van der Waals surface area contributed by atoms with Gasteiger partial charge < -0.3 is 5.32 Å². The number of carbonyl (C=O) groups is 2. The number of amides is 1. The number of benzene rings is 1. The molecule has 1 amide bonds. The molecular formula is C12H13NO2. The third-order valence-corrected chi connectivity index (χ3v) is 2.66. The largest absolute Gasteiger partial charge is 0.355 e. The SMILES string of the molecule is O=C1CC(=O)C(Cc2ccccc2)CN1. The fourth-order valence-electron chi connectivity index (χ4n) is 1.80. The Morgan fingerprint density at radius 2 is 1.93 bits per heavy atom. The average Bonchev–Trinajstić information content (AvgIpc) is 2.24. The van der Waals surface area contributed by atoms with Gasteiger partial charge in [0, 0.05) is 12.5 Å². The summed E-state index contributed by atoms with van der Waals surface area (Å²) in [5.74, 6) is -0.142. The van der Waals surface area contributed by atoms with Crippen LogP contribution in [0.3, 0.4) is 0 Å². The molecule has 1 unspecified atom stereocenters. The average molecular weight is 203 g/mol. The summed E-state index contributed by atoms with van der Waals surface area (Å²) in [6.45, 7) is 0.479. The Balaban J connectivity index is 2.01. The fourth-order valence-corrected chi connectivity index (χ4v) is 1.80. The summed E-state index contributed by atoms with van der Waals surface area (Å²) in [7, 11) is 0. The van der Waals surface area contributed by atoms with Gasteiger partial charge in [0.1, 0.15) is 5.78 Å². The van der Waals surface area contributed by atoms with Crippen LogP contribution in [0.4, 0.5) is 0 Å². The summed E-state index contributed by atoms with van der Waals surface area (Å²) >= 11 is 0. The summed E-state index contributed by atoms with van der Waals surface area (Å²) < 4.78 is 0. The molecule has 0 aliphatic carbocycles. The topological polar surface area (TPSA) is 46.2 Å². The summed E-state index contributed by atoms with van der Waals surface area (Å²) in [6, 6.07) is 9.88. The summed E-state index contributed by atoms with van der Waals surface area (Å²) in [5, 5.41) is 2.72. The first-order valence-corrected chi connectivity index (χ1v) is 5.09. The highest BCUT2D eigenvalue weighted by molar-refractivity contribution is 6.01. The van der Waals surface area contributed by atoms with Crippen LogP contribution in [0.5, 0.6) is 0 Å². The molecule has 0 saturated carbocycles. The van der Waals surface area contributed by atoms with E-state index in [2.05, 4.69) is 5.32 Å². The molecule has 1 aromatic rings. The van der Waals surface area contributed by atoms with Crippen LogP contribution in [-0.4, -0.2) is 18.2 Å². The molecule has 1 atom stereocenters. The second-order valence-electron chi connectivity index (χ2n) is 3.83. The maximum Gasteiger partial charge on any atom is 0.227 e. The van der Waals surface area contributed by atoms with Gasteiger partial charge in [-0.25, -0.2) is 0 Å². The van der Waals surface area contributed by atoms with Gasteiger partial charge in [0.2, 0.25) is 5.91 Å². The number of rotatable bonds is 2. The van der Waals surface area contributed by atoms with Crippen LogP contribution in [0.1, 0.15) is 12.0 Å². The van der Waals surface area contributed by atoms with Gasteiger partial charge in [0.05, 0.1) is 6.42 Å². The Morgan fingerprint density at radius 1 is 1.20 bits per heavy atom. The van der Waals surface area contributed by atoms with Crippen molar-refractivity contribution >= 4 is 11.7 Å². The Kier molecular flexibility index (Phi) is 2.81. The van der Waals surface area contributed by atoms with E-state index in [-0.39, 0.29) is 24.0 Å². The summed E-state index contributed by atoms with van der Waals surface area (Å²) in [4.78, 5) is 22.5. The normalized spacial score (nSPS) is 21.2. The predicted octanol–water partition coefficient (Wildman–Crippen LogP) is 0.934. The number of hydrogen-bond acceptors (Lipinski definition) is 2. The third-order valence-electron chi connectivity index (χ3n) is 2.66. The lowest BCUT2D eigenvalue weighted by molar-refractivity contribution is -0.133. The van der Waals surface area contributed by atoms with Crippen LogP contribution in [0, 0.1) is 5.92 Å². The first-order chi connectivity index (χ1) is 7.25. The van der Waals surface area contributed by atoms with E-state index in [0.717, 1.165) is 12.0 Å². The van der Waals surface area contributed by atoms with Crippen molar-refractivity contribution in [2.24, 2.45) is 5.92 Å². The summed E-state index contributed by atoms with van der Waals surface area (Å²) in [6.07, 6.45) is 0.761. The van der Waals surface area contributed by atoms with Crippen LogP contribution in [0.15, 0.2) is 30.3 Å². The van der Waals surface area contributed by atoms with Gasteiger partial charge in [-0.15, -0.1) is 0 Å². The zero-order valence-corrected chi connectivity index (χ0v) is 8.40. The van der Waals surface area contributed by atoms with E-state index in [9.17, 15) is 9.59 Å². The van der Waals surface area contributed by atoms with Crippen molar-refractivity contribution in [1.29, 1.82) is 0 Å². The molecule has 0 spiro atoms. The minimum absolute atomic E-state index is 0.0392. The van der Waals surface area contributed by atoms with Crippen molar-refractivity contribution in [2.45, 2.75) is 12.8 Å². The van der Waals surface area contributed by atoms with Gasteiger partial charge in [-0.1, -0.05) is 30.3 Å². The minimum Gasteiger partial charge on any atom is -0.355 e. The molecule has 2 rings (SSSR count). The maximum atomic E-state index is 11.5. The molecule has 1 N–H and O–H groups in total. The van der Waals surface area contributed by atoms with Crippen molar-refractivity contribution < 1.29 is 9.59 Å². The Hall–Kier alpha value is -1.64. The molecule has 1 saturated heterocycles. The Morgan fingerprint density at radius 3 is 2.60 bits per heavy atom. The molecule has 1 fully saturated rings. The maximum absolute atomic E-state index is 11.5. The number of nitrogens with one attached hydrogen (secondary N) is 1. The first kappa shape index (κ1) is 9.90. The van der Waals surface area contributed by atoms with E-state index >= 15 is 0 Å². The predicted molar refractivity (Wildman–Crippen MR) is 56.3 cm³/mol. The van der Waals surface area contributed by atoms with Crippen LogP contribution in [-0.2, 0) is 16.0 Å². The third kappa shape index (κ3) is 2.43. The quantitative estimate of drug-likeness (QED) is 0.727. The lowest BCUT2D eigenvalue weighted by Crippen LogP contribution is -2.41. The van der Waals surface area contributed by atoms with Gasteiger partial charge in [-0.2, -0.15) is 0 Å². The van der Waals surface area contributed by atoms with Crippen LogP contribution >= 0.6 is 0 Å². The van der Waals surface area contributed by atoms with Gasteiger partial charge in [-0.05, 0) is 12.0 Å². The summed E-state index contributed by atoms with van der Waals surface area (Å²) in [5.41, 5.74) is 1.15. The highest BCUT2D eigenvalue weighted by atomic mass is 16.2. The second kappa shape index (κ2) is 4.26. The van der Waals surface area contributed by atoms with Crippen molar-refractivity contribution in [1.82, 2.24) is 5.32 Å². The molecule has 1 aliphatic rings. The zero-order chi connectivity index (χ0) is 10.7. The molecule has 0 bridgehead atoms. The van der Waals surface area contributed by atoms with Gasteiger partial charge >= 0.3 is 0 Å². The van der Waals surface area contributed by atoms with Gasteiger partial charge in [0.25, 0.3) is 0 Å². The lowest BCUT2D eigenvalue weighted by atomic mass is 9.91. The number of hydrogen-bond donors (Lipinski definition) is 1. The fraction of sp³-hybridized carbons (Fsp3) is 0.333.